The van der Waals surface area contributed by atoms with Gasteiger partial charge in [-0.05, 0) is 39.7 Å². The number of hydrogen-bond acceptors (Lipinski definition) is 3. The van der Waals surface area contributed by atoms with Gasteiger partial charge in [0.05, 0.1) is 19.3 Å². The molecule has 2 unspecified atom stereocenters. The Kier molecular flexibility index (Phi) is 5.80. The largest absolute Gasteiger partial charge is 0.381 e. The molecule has 1 aliphatic heterocycles. The Morgan fingerprint density at radius 1 is 1.29 bits per heavy atom. The summed E-state index contributed by atoms with van der Waals surface area (Å²) < 4.78 is 11.6. The van der Waals surface area contributed by atoms with E-state index >= 15 is 0 Å². The molecule has 0 amide bonds. The lowest BCUT2D eigenvalue weighted by Crippen LogP contribution is -2.39. The highest BCUT2D eigenvalue weighted by Crippen LogP contribution is 2.21. The van der Waals surface area contributed by atoms with Crippen LogP contribution in [-0.2, 0) is 9.47 Å². The van der Waals surface area contributed by atoms with Crippen LogP contribution in [0.25, 0.3) is 0 Å². The van der Waals surface area contributed by atoms with Crippen molar-refractivity contribution in [2.75, 3.05) is 26.4 Å². The lowest BCUT2D eigenvalue weighted by molar-refractivity contribution is 0.0222. The van der Waals surface area contributed by atoms with Crippen molar-refractivity contribution < 1.29 is 9.47 Å². The van der Waals surface area contributed by atoms with Crippen molar-refractivity contribution >= 4 is 0 Å². The molecule has 1 aromatic carbocycles. The van der Waals surface area contributed by atoms with E-state index in [1.54, 1.807) is 0 Å². The first kappa shape index (κ1) is 16.5. The monoisotopic (exact) mass is 291 g/mol. The molecule has 0 bridgehead atoms. The van der Waals surface area contributed by atoms with Crippen LogP contribution in [-0.4, -0.2) is 31.9 Å². The average molecular weight is 291 g/mol. The van der Waals surface area contributed by atoms with Gasteiger partial charge in [0.2, 0.25) is 0 Å². The molecule has 1 N–H and O–H groups in total. The average Bonchev–Trinajstić information content (AvgIpc) is 2.92. The van der Waals surface area contributed by atoms with Gasteiger partial charge in [-0.3, -0.25) is 0 Å². The molecule has 2 atom stereocenters. The molecule has 1 fully saturated rings. The molecule has 1 heterocycles. The number of rotatable bonds is 6. The molecule has 3 heteroatoms. The van der Waals surface area contributed by atoms with E-state index in [2.05, 4.69) is 57.3 Å². The number of ether oxygens (including phenoxy) is 2. The third-order valence-electron chi connectivity index (χ3n) is 3.82. The molecular weight excluding hydrogens is 262 g/mol. The van der Waals surface area contributed by atoms with Crippen LogP contribution in [0, 0.1) is 12.8 Å². The Bertz CT molecular complexity index is 416. The highest BCUT2D eigenvalue weighted by Gasteiger charge is 2.21. The molecule has 0 aromatic heterocycles. The van der Waals surface area contributed by atoms with Crippen LogP contribution in [0.4, 0.5) is 0 Å². The Hall–Kier alpha value is -0.900. The normalized spacial score (nSPS) is 20.7. The van der Waals surface area contributed by atoms with Gasteiger partial charge in [-0.25, -0.2) is 0 Å². The fourth-order valence-electron chi connectivity index (χ4n) is 2.42. The van der Waals surface area contributed by atoms with Crippen molar-refractivity contribution in [2.24, 2.45) is 5.92 Å². The Morgan fingerprint density at radius 3 is 2.57 bits per heavy atom. The maximum Gasteiger partial charge on any atom is 0.0949 e. The summed E-state index contributed by atoms with van der Waals surface area (Å²) >= 11 is 0. The first-order valence-corrected chi connectivity index (χ1v) is 7.95. The van der Waals surface area contributed by atoms with Crippen LogP contribution in [0.2, 0.25) is 0 Å². The molecule has 3 nitrogen and oxygen atoms in total. The van der Waals surface area contributed by atoms with Gasteiger partial charge in [-0.1, -0.05) is 29.8 Å². The highest BCUT2D eigenvalue weighted by molar-refractivity contribution is 5.23. The lowest BCUT2D eigenvalue weighted by Gasteiger charge is -2.26. The van der Waals surface area contributed by atoms with Gasteiger partial charge < -0.3 is 14.8 Å². The fraction of sp³-hybridized carbons (Fsp3) is 0.667. The summed E-state index contributed by atoms with van der Waals surface area (Å²) in [5.41, 5.74) is 2.63. The van der Waals surface area contributed by atoms with Gasteiger partial charge in [0.25, 0.3) is 0 Å². The zero-order valence-electron chi connectivity index (χ0n) is 13.8. The van der Waals surface area contributed by atoms with Crippen molar-refractivity contribution in [2.45, 2.75) is 45.8 Å². The van der Waals surface area contributed by atoms with Crippen LogP contribution < -0.4 is 5.32 Å². The zero-order chi connectivity index (χ0) is 15.3. The van der Waals surface area contributed by atoms with E-state index in [0.717, 1.165) is 32.8 Å². The molecule has 1 aliphatic rings. The predicted octanol–water partition coefficient (Wildman–Crippen LogP) is 3.48. The van der Waals surface area contributed by atoms with E-state index in [1.165, 1.54) is 11.1 Å². The minimum atomic E-state index is 0.1000. The Balaban J connectivity index is 1.96. The Labute approximate surface area is 129 Å². The molecule has 1 aromatic rings. The summed E-state index contributed by atoms with van der Waals surface area (Å²) in [6.45, 7) is 12.0. The quantitative estimate of drug-likeness (QED) is 0.870. The first-order valence-electron chi connectivity index (χ1n) is 7.95. The predicted molar refractivity (Wildman–Crippen MR) is 86.6 cm³/mol. The van der Waals surface area contributed by atoms with E-state index in [9.17, 15) is 0 Å². The van der Waals surface area contributed by atoms with Crippen molar-refractivity contribution in [1.82, 2.24) is 5.32 Å². The second-order valence-electron chi connectivity index (χ2n) is 7.09. The van der Waals surface area contributed by atoms with Gasteiger partial charge in [-0.15, -0.1) is 0 Å². The molecule has 2 rings (SSSR count). The van der Waals surface area contributed by atoms with Crippen LogP contribution in [0.1, 0.15) is 44.4 Å². The lowest BCUT2D eigenvalue weighted by atomic mass is 10.0. The van der Waals surface area contributed by atoms with E-state index in [0.29, 0.717) is 5.92 Å². The highest BCUT2D eigenvalue weighted by atomic mass is 16.5. The van der Waals surface area contributed by atoms with Crippen molar-refractivity contribution in [3.8, 4) is 0 Å². The standard InChI is InChI=1S/C18H29NO2/c1-14-5-7-16(8-6-14)17(11-19-18(2,3)4)21-13-15-9-10-20-12-15/h5-8,15,17,19H,9-13H2,1-4H3. The maximum atomic E-state index is 6.20. The second kappa shape index (κ2) is 7.39. The molecular formula is C18H29NO2. The summed E-state index contributed by atoms with van der Waals surface area (Å²) in [7, 11) is 0. The number of hydrogen-bond donors (Lipinski definition) is 1. The maximum absolute atomic E-state index is 6.20. The minimum absolute atomic E-state index is 0.1000. The van der Waals surface area contributed by atoms with Gasteiger partial charge in [0.15, 0.2) is 0 Å². The SMILES string of the molecule is Cc1ccc(C(CNC(C)(C)C)OCC2CCOC2)cc1. The third kappa shape index (κ3) is 5.77. The van der Waals surface area contributed by atoms with Crippen molar-refractivity contribution in [1.29, 1.82) is 0 Å². The summed E-state index contributed by atoms with van der Waals surface area (Å²) in [4.78, 5) is 0. The van der Waals surface area contributed by atoms with Gasteiger partial charge >= 0.3 is 0 Å². The van der Waals surface area contributed by atoms with Crippen LogP contribution in [0.15, 0.2) is 24.3 Å². The number of nitrogens with one attached hydrogen (secondary N) is 1. The molecule has 118 valence electrons. The van der Waals surface area contributed by atoms with E-state index in [-0.39, 0.29) is 11.6 Å². The molecule has 1 saturated heterocycles. The van der Waals surface area contributed by atoms with E-state index in [4.69, 9.17) is 9.47 Å². The smallest absolute Gasteiger partial charge is 0.0949 e. The van der Waals surface area contributed by atoms with Crippen LogP contribution >= 0.6 is 0 Å². The number of benzene rings is 1. The van der Waals surface area contributed by atoms with Crippen LogP contribution in [0.3, 0.4) is 0 Å². The Morgan fingerprint density at radius 2 is 2.00 bits per heavy atom. The summed E-state index contributed by atoms with van der Waals surface area (Å²) in [6, 6.07) is 8.66. The molecule has 0 aliphatic carbocycles. The minimum Gasteiger partial charge on any atom is -0.381 e. The topological polar surface area (TPSA) is 30.5 Å². The molecule has 0 radical (unpaired) electrons. The summed E-state index contributed by atoms with van der Waals surface area (Å²) in [6.07, 6.45) is 1.22. The van der Waals surface area contributed by atoms with Crippen molar-refractivity contribution in [3.05, 3.63) is 35.4 Å². The van der Waals surface area contributed by atoms with Crippen LogP contribution in [0.5, 0.6) is 0 Å². The van der Waals surface area contributed by atoms with E-state index in [1.807, 2.05) is 0 Å². The second-order valence-corrected chi connectivity index (χ2v) is 7.09. The van der Waals surface area contributed by atoms with Crippen molar-refractivity contribution in [3.63, 3.8) is 0 Å². The van der Waals surface area contributed by atoms with Gasteiger partial charge in [-0.2, -0.15) is 0 Å². The van der Waals surface area contributed by atoms with E-state index < -0.39 is 0 Å². The van der Waals surface area contributed by atoms with Gasteiger partial charge in [0.1, 0.15) is 0 Å². The summed E-state index contributed by atoms with van der Waals surface area (Å²) in [5.74, 6) is 0.549. The van der Waals surface area contributed by atoms with Gasteiger partial charge in [0, 0.05) is 24.6 Å². The molecule has 0 spiro atoms. The number of aryl methyl sites for hydroxylation is 1. The molecule has 21 heavy (non-hydrogen) atoms. The first-order chi connectivity index (χ1) is 9.94. The summed E-state index contributed by atoms with van der Waals surface area (Å²) in [5, 5.41) is 3.55. The molecule has 0 saturated carbocycles. The zero-order valence-corrected chi connectivity index (χ0v) is 13.8. The fourth-order valence-corrected chi connectivity index (χ4v) is 2.42. The third-order valence-corrected chi connectivity index (χ3v) is 3.82.